The zero-order valence-corrected chi connectivity index (χ0v) is 21.5. The summed E-state index contributed by atoms with van der Waals surface area (Å²) in [6.45, 7) is 5.35. The third kappa shape index (κ3) is 5.85. The van der Waals surface area contributed by atoms with Crippen molar-refractivity contribution in [3.63, 3.8) is 0 Å². The molecule has 178 valence electrons. The number of hydrogen-bond acceptors (Lipinski definition) is 4. The number of sulfonamides is 1. The molecule has 0 aliphatic carbocycles. The van der Waals surface area contributed by atoms with Gasteiger partial charge in [-0.1, -0.05) is 53.2 Å². The lowest BCUT2D eigenvalue weighted by Crippen LogP contribution is -2.40. The quantitative estimate of drug-likeness (QED) is 0.557. The van der Waals surface area contributed by atoms with Gasteiger partial charge in [-0.3, -0.25) is 4.79 Å². The van der Waals surface area contributed by atoms with Crippen LogP contribution >= 0.6 is 15.9 Å². The van der Waals surface area contributed by atoms with E-state index in [1.54, 1.807) is 17.9 Å². The van der Waals surface area contributed by atoms with E-state index in [9.17, 15) is 13.2 Å². The minimum absolute atomic E-state index is 0.0501. The van der Waals surface area contributed by atoms with Crippen LogP contribution in [0.25, 0.3) is 0 Å². The van der Waals surface area contributed by atoms with E-state index < -0.39 is 10.0 Å². The van der Waals surface area contributed by atoms with Gasteiger partial charge >= 0.3 is 0 Å². The molecule has 1 N–H and O–H groups in total. The second kappa shape index (κ2) is 10.7. The van der Waals surface area contributed by atoms with Crippen LogP contribution in [0.3, 0.4) is 0 Å². The fraction of sp³-hybridized carbons (Fsp3) is 0.480. The highest BCUT2D eigenvalue weighted by Gasteiger charge is 2.32. The maximum Gasteiger partial charge on any atom is 0.242 e. The summed E-state index contributed by atoms with van der Waals surface area (Å²) in [4.78, 5) is 16.5. The second-order valence-corrected chi connectivity index (χ2v) is 11.6. The molecule has 0 unspecified atom stereocenters. The van der Waals surface area contributed by atoms with Gasteiger partial charge in [0.25, 0.3) is 0 Å². The van der Waals surface area contributed by atoms with Crippen LogP contribution in [0.4, 0.5) is 5.69 Å². The smallest absolute Gasteiger partial charge is 0.242 e. The van der Waals surface area contributed by atoms with E-state index in [0.717, 1.165) is 37.9 Å². The van der Waals surface area contributed by atoms with Gasteiger partial charge in [-0.05, 0) is 68.0 Å². The summed E-state index contributed by atoms with van der Waals surface area (Å²) < 4.78 is 29.9. The average molecular weight is 535 g/mol. The minimum atomic E-state index is -3.74. The number of carbonyl (C=O) groups excluding carboxylic acids is 1. The Morgan fingerprint density at radius 1 is 1.12 bits per heavy atom. The van der Waals surface area contributed by atoms with E-state index >= 15 is 0 Å². The van der Waals surface area contributed by atoms with Crippen LogP contribution in [0.15, 0.2) is 51.8 Å². The lowest BCUT2D eigenvalue weighted by atomic mass is 9.90. The van der Waals surface area contributed by atoms with Gasteiger partial charge in [0.1, 0.15) is 4.90 Å². The van der Waals surface area contributed by atoms with Crippen LogP contribution in [0.1, 0.15) is 37.3 Å². The Balaban J connectivity index is 1.34. The van der Waals surface area contributed by atoms with Crippen LogP contribution in [-0.2, 0) is 27.7 Å². The summed E-state index contributed by atoms with van der Waals surface area (Å²) in [5, 5.41) is 0. The van der Waals surface area contributed by atoms with Gasteiger partial charge in [0.05, 0.1) is 5.69 Å². The van der Waals surface area contributed by atoms with Crippen LogP contribution < -0.4 is 9.62 Å². The van der Waals surface area contributed by atoms with Crippen molar-refractivity contribution < 1.29 is 13.2 Å². The molecule has 2 aromatic carbocycles. The van der Waals surface area contributed by atoms with Gasteiger partial charge in [-0.15, -0.1) is 0 Å². The van der Waals surface area contributed by atoms with Crippen molar-refractivity contribution in [3.05, 3.63) is 58.1 Å². The zero-order valence-electron chi connectivity index (χ0n) is 19.1. The van der Waals surface area contributed by atoms with E-state index in [1.807, 2.05) is 6.07 Å². The number of halogens is 1. The molecule has 2 heterocycles. The average Bonchev–Trinajstić information content (AvgIpc) is 3.23. The van der Waals surface area contributed by atoms with Gasteiger partial charge in [-0.25, -0.2) is 13.1 Å². The highest BCUT2D eigenvalue weighted by Crippen LogP contribution is 2.37. The fourth-order valence-electron chi connectivity index (χ4n) is 4.89. The third-order valence-electron chi connectivity index (χ3n) is 6.68. The molecule has 1 amide bonds. The lowest BCUT2D eigenvalue weighted by Gasteiger charge is -2.32. The molecule has 0 aromatic heterocycles. The van der Waals surface area contributed by atoms with Crippen molar-refractivity contribution in [3.8, 4) is 0 Å². The summed E-state index contributed by atoms with van der Waals surface area (Å²) in [6, 6.07) is 14.1. The standard InChI is InChI=1S/C25H32BrN3O3S/c1-2-24(30)29-14-10-21-17-22(26)18-23(25(21)29)33(31,32)27-11-15-28-12-8-20(9-13-28)16-19-6-4-3-5-7-19/h3-7,17-18,20,27H,2,8-16H2,1H3. The molecule has 0 bridgehead atoms. The van der Waals surface area contributed by atoms with E-state index in [-0.39, 0.29) is 10.8 Å². The Bertz CT molecular complexity index is 1080. The first-order valence-electron chi connectivity index (χ1n) is 11.8. The number of carbonyl (C=O) groups is 1. The number of rotatable bonds is 8. The number of piperidine rings is 1. The van der Waals surface area contributed by atoms with Gasteiger partial charge in [0, 0.05) is 30.5 Å². The van der Waals surface area contributed by atoms with Crippen LogP contribution in [0.2, 0.25) is 0 Å². The molecule has 1 fully saturated rings. The molecule has 2 aromatic rings. The number of anilines is 1. The van der Waals surface area contributed by atoms with E-state index in [1.165, 1.54) is 5.56 Å². The first-order chi connectivity index (χ1) is 15.9. The minimum Gasteiger partial charge on any atom is -0.310 e. The second-order valence-electron chi connectivity index (χ2n) is 8.93. The monoisotopic (exact) mass is 533 g/mol. The van der Waals surface area contributed by atoms with Crippen molar-refractivity contribution in [1.29, 1.82) is 0 Å². The van der Waals surface area contributed by atoms with Crippen LogP contribution in [0.5, 0.6) is 0 Å². The lowest BCUT2D eigenvalue weighted by molar-refractivity contribution is -0.118. The highest BCUT2D eigenvalue weighted by atomic mass is 79.9. The number of benzene rings is 2. The van der Waals surface area contributed by atoms with Crippen molar-refractivity contribution in [1.82, 2.24) is 9.62 Å². The molecule has 33 heavy (non-hydrogen) atoms. The molecule has 4 rings (SSSR count). The van der Waals surface area contributed by atoms with E-state index in [0.29, 0.717) is 48.6 Å². The molecule has 6 nitrogen and oxygen atoms in total. The third-order valence-corrected chi connectivity index (χ3v) is 8.61. The molecule has 0 saturated carbocycles. The SMILES string of the molecule is CCC(=O)N1CCc2cc(Br)cc(S(=O)(=O)NCCN3CCC(Cc4ccccc4)CC3)c21. The molecule has 2 aliphatic rings. The Morgan fingerprint density at radius 3 is 2.55 bits per heavy atom. The van der Waals surface area contributed by atoms with Crippen LogP contribution in [-0.4, -0.2) is 51.9 Å². The first-order valence-corrected chi connectivity index (χ1v) is 14.0. The molecule has 0 atom stereocenters. The Morgan fingerprint density at radius 2 is 1.85 bits per heavy atom. The fourth-order valence-corrected chi connectivity index (χ4v) is 6.84. The molecular formula is C25H32BrN3O3S. The van der Waals surface area contributed by atoms with Crippen molar-refractivity contribution in [2.24, 2.45) is 5.92 Å². The predicted molar refractivity (Wildman–Crippen MR) is 135 cm³/mol. The molecule has 1 saturated heterocycles. The van der Waals surface area contributed by atoms with E-state index in [4.69, 9.17) is 0 Å². The number of fused-ring (bicyclic) bond motifs is 1. The van der Waals surface area contributed by atoms with Crippen molar-refractivity contribution in [2.75, 3.05) is 37.6 Å². The highest BCUT2D eigenvalue weighted by molar-refractivity contribution is 9.10. The number of amides is 1. The summed E-state index contributed by atoms with van der Waals surface area (Å²) in [6.07, 6.45) is 4.40. The Hall–Kier alpha value is -1.74. The van der Waals surface area contributed by atoms with Crippen molar-refractivity contribution in [2.45, 2.75) is 43.9 Å². The van der Waals surface area contributed by atoms with Crippen molar-refractivity contribution >= 4 is 37.5 Å². The molecule has 0 spiro atoms. The van der Waals surface area contributed by atoms with Gasteiger partial charge < -0.3 is 9.80 Å². The number of nitrogens with zero attached hydrogens (tertiary/aromatic N) is 2. The zero-order chi connectivity index (χ0) is 23.4. The summed E-state index contributed by atoms with van der Waals surface area (Å²) >= 11 is 3.44. The Labute approximate surface area is 205 Å². The van der Waals surface area contributed by atoms with E-state index in [2.05, 4.69) is 55.9 Å². The van der Waals surface area contributed by atoms with Gasteiger partial charge in [0.2, 0.25) is 15.9 Å². The molecular weight excluding hydrogens is 502 g/mol. The number of hydrogen-bond donors (Lipinski definition) is 1. The predicted octanol–water partition coefficient (Wildman–Crippen LogP) is 3.98. The van der Waals surface area contributed by atoms with Crippen LogP contribution in [0, 0.1) is 5.92 Å². The molecule has 0 radical (unpaired) electrons. The topological polar surface area (TPSA) is 69.7 Å². The summed E-state index contributed by atoms with van der Waals surface area (Å²) in [7, 11) is -3.74. The normalized spacial score (nSPS) is 17.3. The largest absolute Gasteiger partial charge is 0.310 e. The maximum atomic E-state index is 13.2. The summed E-state index contributed by atoms with van der Waals surface area (Å²) in [5.41, 5.74) is 2.83. The Kier molecular flexibility index (Phi) is 7.89. The number of nitrogens with one attached hydrogen (secondary N) is 1. The van der Waals surface area contributed by atoms with Gasteiger partial charge in [0.15, 0.2) is 0 Å². The first kappa shape index (κ1) is 24.4. The number of likely N-dealkylation sites (tertiary alicyclic amines) is 1. The molecule has 8 heteroatoms. The molecule has 2 aliphatic heterocycles. The maximum absolute atomic E-state index is 13.2. The van der Waals surface area contributed by atoms with Gasteiger partial charge in [-0.2, -0.15) is 0 Å². The summed E-state index contributed by atoms with van der Waals surface area (Å²) in [5.74, 6) is 0.637.